The number of benzene rings is 3. The van der Waals surface area contributed by atoms with Crippen LogP contribution in [0.5, 0.6) is 0 Å². The summed E-state index contributed by atoms with van der Waals surface area (Å²) in [6.07, 6.45) is -0.536. The molecule has 1 N–H and O–H groups in total. The maximum absolute atomic E-state index is 13.4. The Hall–Kier alpha value is -3.49. The molecule has 2 aliphatic rings. The van der Waals surface area contributed by atoms with Gasteiger partial charge in [0.2, 0.25) is 0 Å². The van der Waals surface area contributed by atoms with E-state index in [4.69, 9.17) is 4.74 Å². The second-order valence-corrected chi connectivity index (χ2v) is 6.69. The molecular formula is C22H12FNO3. The van der Waals surface area contributed by atoms with Gasteiger partial charge in [-0.1, -0.05) is 24.3 Å². The predicted molar refractivity (Wildman–Crippen MR) is 94.7 cm³/mol. The van der Waals surface area contributed by atoms with Crippen molar-refractivity contribution in [1.82, 2.24) is 0 Å². The van der Waals surface area contributed by atoms with Gasteiger partial charge in [-0.3, -0.25) is 0 Å². The van der Waals surface area contributed by atoms with Crippen LogP contribution in [0.4, 0.5) is 4.39 Å². The van der Waals surface area contributed by atoms with E-state index in [0.29, 0.717) is 5.56 Å². The average Bonchev–Trinajstić information content (AvgIpc) is 3.24. The molecule has 130 valence electrons. The first kappa shape index (κ1) is 15.7. The normalized spacial score (nSPS) is 18.7. The summed E-state index contributed by atoms with van der Waals surface area (Å²) in [7, 11) is 0. The summed E-state index contributed by atoms with van der Waals surface area (Å²) in [6, 6.07) is 17.1. The van der Waals surface area contributed by atoms with E-state index in [-0.39, 0.29) is 23.3 Å². The summed E-state index contributed by atoms with van der Waals surface area (Å²) >= 11 is 0. The van der Waals surface area contributed by atoms with E-state index < -0.39 is 11.8 Å². The van der Waals surface area contributed by atoms with E-state index in [1.165, 1.54) is 12.1 Å². The lowest BCUT2D eigenvalue weighted by Gasteiger charge is -2.17. The first-order valence-corrected chi connectivity index (χ1v) is 8.43. The molecule has 2 aliphatic heterocycles. The SMILES string of the molecule is N#Cc1cc(F)ccc1-c1ccc2c(c1)C1OC2c2ccc(C(=O)O)cc21. The zero-order valence-electron chi connectivity index (χ0n) is 13.9. The Morgan fingerprint density at radius 3 is 2.41 bits per heavy atom. The van der Waals surface area contributed by atoms with E-state index in [1.54, 1.807) is 18.2 Å². The molecule has 27 heavy (non-hydrogen) atoms. The van der Waals surface area contributed by atoms with E-state index in [0.717, 1.165) is 27.8 Å². The second-order valence-electron chi connectivity index (χ2n) is 6.69. The van der Waals surface area contributed by atoms with E-state index in [1.807, 2.05) is 30.3 Å². The minimum Gasteiger partial charge on any atom is -0.478 e. The maximum Gasteiger partial charge on any atom is 0.335 e. The molecule has 3 aromatic rings. The first-order valence-electron chi connectivity index (χ1n) is 8.43. The van der Waals surface area contributed by atoms with Gasteiger partial charge in [0.25, 0.3) is 0 Å². The Morgan fingerprint density at radius 2 is 1.67 bits per heavy atom. The van der Waals surface area contributed by atoms with Crippen LogP contribution in [0.15, 0.2) is 54.6 Å². The second kappa shape index (κ2) is 5.50. The molecule has 3 aromatic carbocycles. The number of aromatic carboxylic acids is 1. The molecule has 0 aromatic heterocycles. The largest absolute Gasteiger partial charge is 0.478 e. The summed E-state index contributed by atoms with van der Waals surface area (Å²) in [4.78, 5) is 11.3. The summed E-state index contributed by atoms with van der Waals surface area (Å²) < 4.78 is 19.5. The van der Waals surface area contributed by atoms with Gasteiger partial charge in [0.15, 0.2) is 0 Å². The Morgan fingerprint density at radius 1 is 0.963 bits per heavy atom. The number of hydrogen-bond donors (Lipinski definition) is 1. The summed E-state index contributed by atoms with van der Waals surface area (Å²) in [6.45, 7) is 0. The third-order valence-electron chi connectivity index (χ3n) is 5.24. The van der Waals surface area contributed by atoms with Crippen molar-refractivity contribution >= 4 is 5.97 Å². The van der Waals surface area contributed by atoms with Crippen molar-refractivity contribution in [1.29, 1.82) is 5.26 Å². The number of halogens is 1. The van der Waals surface area contributed by atoms with Crippen LogP contribution >= 0.6 is 0 Å². The maximum atomic E-state index is 13.4. The van der Waals surface area contributed by atoms with Gasteiger partial charge in [0, 0.05) is 0 Å². The molecule has 0 spiro atoms. The third kappa shape index (κ3) is 2.21. The van der Waals surface area contributed by atoms with Gasteiger partial charge in [-0.05, 0) is 63.7 Å². The zero-order valence-corrected chi connectivity index (χ0v) is 13.9. The Kier molecular flexibility index (Phi) is 3.21. The molecule has 2 bridgehead atoms. The van der Waals surface area contributed by atoms with Gasteiger partial charge >= 0.3 is 5.97 Å². The number of ether oxygens (including phenoxy) is 1. The average molecular weight is 357 g/mol. The van der Waals surface area contributed by atoms with E-state index >= 15 is 0 Å². The number of nitriles is 1. The molecule has 0 amide bonds. The molecule has 2 heterocycles. The van der Waals surface area contributed by atoms with Gasteiger partial charge < -0.3 is 9.84 Å². The van der Waals surface area contributed by atoms with E-state index in [2.05, 4.69) is 0 Å². The van der Waals surface area contributed by atoms with Crippen molar-refractivity contribution in [3.63, 3.8) is 0 Å². The van der Waals surface area contributed by atoms with Crippen LogP contribution in [-0.4, -0.2) is 11.1 Å². The van der Waals surface area contributed by atoms with Gasteiger partial charge in [0.1, 0.15) is 18.0 Å². The first-order chi connectivity index (χ1) is 13.1. The Labute approximate surface area is 154 Å². The fraction of sp³-hybridized carbons (Fsp3) is 0.0909. The van der Waals surface area contributed by atoms with Crippen molar-refractivity contribution in [3.8, 4) is 17.2 Å². The molecule has 0 radical (unpaired) electrons. The number of nitrogens with zero attached hydrogens (tertiary/aromatic N) is 1. The number of rotatable bonds is 2. The lowest BCUT2D eigenvalue weighted by Crippen LogP contribution is -2.06. The van der Waals surface area contributed by atoms with Gasteiger partial charge in [-0.15, -0.1) is 0 Å². The van der Waals surface area contributed by atoms with Crippen molar-refractivity contribution in [2.45, 2.75) is 12.2 Å². The van der Waals surface area contributed by atoms with Crippen LogP contribution in [0.25, 0.3) is 11.1 Å². The van der Waals surface area contributed by atoms with Crippen molar-refractivity contribution in [2.75, 3.05) is 0 Å². The minimum absolute atomic E-state index is 0.208. The molecule has 5 rings (SSSR count). The highest BCUT2D eigenvalue weighted by Gasteiger charge is 2.43. The van der Waals surface area contributed by atoms with Gasteiger partial charge in [-0.25, -0.2) is 9.18 Å². The van der Waals surface area contributed by atoms with Gasteiger partial charge in [0.05, 0.1) is 17.2 Å². The summed E-state index contributed by atoms with van der Waals surface area (Å²) in [5, 5.41) is 18.6. The van der Waals surface area contributed by atoms with Crippen LogP contribution < -0.4 is 0 Å². The highest BCUT2D eigenvalue weighted by atomic mass is 19.1. The Bertz CT molecular complexity index is 1180. The van der Waals surface area contributed by atoms with Crippen LogP contribution in [0.2, 0.25) is 0 Å². The highest BCUT2D eigenvalue weighted by Crippen LogP contribution is 2.54. The smallest absolute Gasteiger partial charge is 0.335 e. The minimum atomic E-state index is -0.973. The van der Waals surface area contributed by atoms with Crippen LogP contribution in [-0.2, 0) is 4.74 Å². The van der Waals surface area contributed by atoms with E-state index in [9.17, 15) is 19.6 Å². The fourth-order valence-electron chi connectivity index (χ4n) is 4.01. The molecule has 2 unspecified atom stereocenters. The van der Waals surface area contributed by atoms with Crippen LogP contribution in [0, 0.1) is 17.1 Å². The molecule has 5 heteroatoms. The lowest BCUT2D eigenvalue weighted by atomic mass is 9.83. The monoisotopic (exact) mass is 357 g/mol. The summed E-state index contributed by atoms with van der Waals surface area (Å²) in [5.74, 6) is -1.42. The van der Waals surface area contributed by atoms with Crippen molar-refractivity contribution in [3.05, 3.63) is 93.8 Å². The van der Waals surface area contributed by atoms with Crippen LogP contribution in [0.3, 0.4) is 0 Å². The number of carboxylic acid groups (broad SMARTS) is 1. The molecule has 0 fully saturated rings. The number of hydrogen-bond acceptors (Lipinski definition) is 3. The number of fused-ring (bicyclic) bond motifs is 8. The fourth-order valence-corrected chi connectivity index (χ4v) is 4.01. The molecule has 0 saturated heterocycles. The molecular weight excluding hydrogens is 345 g/mol. The third-order valence-corrected chi connectivity index (χ3v) is 5.24. The topological polar surface area (TPSA) is 70.3 Å². The van der Waals surface area contributed by atoms with Crippen molar-refractivity contribution < 1.29 is 19.0 Å². The van der Waals surface area contributed by atoms with Crippen molar-refractivity contribution in [2.24, 2.45) is 0 Å². The predicted octanol–water partition coefficient (Wildman–Crippen LogP) is 4.58. The lowest BCUT2D eigenvalue weighted by molar-refractivity contribution is 0.0696. The Balaban J connectivity index is 1.63. The molecule has 2 atom stereocenters. The van der Waals surface area contributed by atoms with Crippen LogP contribution in [0.1, 0.15) is 50.4 Å². The summed E-state index contributed by atoms with van der Waals surface area (Å²) in [5.41, 5.74) is 5.82. The molecule has 0 saturated carbocycles. The standard InChI is InChI=1S/C22H12FNO3/c23-14-3-6-15(13(7-14)10-24)11-1-4-16-18(8-11)21-19-9-12(22(25)26)2-5-17(19)20(16)27-21/h1-9,20-21H,(H,25,26). The molecule has 4 nitrogen and oxygen atoms in total. The molecule has 0 aliphatic carbocycles. The number of carbonyl (C=O) groups is 1. The highest BCUT2D eigenvalue weighted by molar-refractivity contribution is 5.88. The number of carboxylic acids is 1. The zero-order chi connectivity index (χ0) is 18.7. The van der Waals surface area contributed by atoms with Gasteiger partial charge in [-0.2, -0.15) is 5.26 Å². The quantitative estimate of drug-likeness (QED) is 0.728.